The quantitative estimate of drug-likeness (QED) is 0.422. The highest BCUT2D eigenvalue weighted by Crippen LogP contribution is 2.68. The second-order valence-electron chi connectivity index (χ2n) is 13.9. The normalized spacial score (nSPS) is 43.7. The minimum absolute atomic E-state index is 0.567. The van der Waals surface area contributed by atoms with Gasteiger partial charge in [-0.05, 0) is 122 Å². The molecule has 33 heavy (non-hydrogen) atoms. The van der Waals surface area contributed by atoms with Crippen LogP contribution >= 0.6 is 0 Å². The van der Waals surface area contributed by atoms with Gasteiger partial charge in [-0.2, -0.15) is 5.10 Å². The van der Waals surface area contributed by atoms with Crippen molar-refractivity contribution >= 4 is 0 Å². The Bertz CT molecular complexity index is 810. The van der Waals surface area contributed by atoms with Crippen LogP contribution in [0.3, 0.4) is 0 Å². The van der Waals surface area contributed by atoms with Crippen LogP contribution in [0.1, 0.15) is 124 Å². The van der Waals surface area contributed by atoms with Gasteiger partial charge in [-0.25, -0.2) is 0 Å². The van der Waals surface area contributed by atoms with Gasteiger partial charge < -0.3 is 0 Å². The molecule has 0 saturated heterocycles. The Morgan fingerprint density at radius 2 is 1.73 bits per heavy atom. The van der Waals surface area contributed by atoms with Crippen LogP contribution in [0.5, 0.6) is 0 Å². The number of fused-ring (bicyclic) bond motifs is 5. The van der Waals surface area contributed by atoms with Gasteiger partial charge in [-0.3, -0.25) is 4.68 Å². The highest BCUT2D eigenvalue weighted by atomic mass is 15.3. The molecule has 1 aromatic rings. The molecule has 0 aromatic carbocycles. The van der Waals surface area contributed by atoms with E-state index in [0.717, 1.165) is 48.0 Å². The van der Waals surface area contributed by atoms with Gasteiger partial charge in [0.1, 0.15) is 0 Å². The molecule has 0 amide bonds. The first-order valence-corrected chi connectivity index (χ1v) is 14.8. The topological polar surface area (TPSA) is 17.8 Å². The maximum atomic E-state index is 4.73. The van der Waals surface area contributed by atoms with Crippen molar-refractivity contribution in [3.05, 3.63) is 18.0 Å². The third-order valence-electron chi connectivity index (χ3n) is 12.0. The van der Waals surface area contributed by atoms with Crippen LogP contribution in [-0.2, 0) is 6.54 Å². The van der Waals surface area contributed by atoms with Crippen LogP contribution in [0.4, 0.5) is 0 Å². The first kappa shape index (κ1) is 23.9. The maximum Gasteiger partial charge on any atom is 0.0524 e. The zero-order chi connectivity index (χ0) is 23.4. The van der Waals surface area contributed by atoms with Gasteiger partial charge in [0.2, 0.25) is 0 Å². The second kappa shape index (κ2) is 9.02. The zero-order valence-corrected chi connectivity index (χ0v) is 22.7. The van der Waals surface area contributed by atoms with Gasteiger partial charge in [0.25, 0.3) is 0 Å². The molecule has 1 heterocycles. The van der Waals surface area contributed by atoms with E-state index in [9.17, 15) is 0 Å². The lowest BCUT2D eigenvalue weighted by molar-refractivity contribution is -0.121. The summed E-state index contributed by atoms with van der Waals surface area (Å²) in [5.41, 5.74) is 2.61. The van der Waals surface area contributed by atoms with Gasteiger partial charge in [0, 0.05) is 12.7 Å². The molecule has 5 rings (SSSR count). The first-order chi connectivity index (χ1) is 15.8. The number of aromatic nitrogens is 2. The molecule has 0 aliphatic heterocycles. The van der Waals surface area contributed by atoms with Crippen molar-refractivity contribution in [2.75, 3.05) is 0 Å². The molecule has 2 heteroatoms. The number of hydrogen-bond acceptors (Lipinski definition) is 1. The molecule has 4 fully saturated rings. The fourth-order valence-electron chi connectivity index (χ4n) is 10.2. The van der Waals surface area contributed by atoms with E-state index in [4.69, 9.17) is 5.10 Å². The number of hydrogen-bond donors (Lipinski definition) is 0. The van der Waals surface area contributed by atoms with E-state index < -0.39 is 0 Å². The molecule has 0 N–H and O–H groups in total. The summed E-state index contributed by atoms with van der Waals surface area (Å²) in [5, 5.41) is 4.73. The fraction of sp³-hybridized carbons (Fsp3) is 0.903. The summed E-state index contributed by atoms with van der Waals surface area (Å²) in [5.74, 6) is 7.26. The monoisotopic (exact) mass is 452 g/mol. The molecule has 4 aliphatic rings. The largest absolute Gasteiger partial charge is 0.272 e. The van der Waals surface area contributed by atoms with E-state index in [0.29, 0.717) is 16.7 Å². The summed E-state index contributed by atoms with van der Waals surface area (Å²) in [6.45, 7) is 16.0. The first-order valence-electron chi connectivity index (χ1n) is 14.8. The molecule has 9 unspecified atom stereocenters. The summed E-state index contributed by atoms with van der Waals surface area (Å²) < 4.78 is 2.25. The van der Waals surface area contributed by atoms with E-state index in [1.165, 1.54) is 63.4 Å². The van der Waals surface area contributed by atoms with E-state index in [-0.39, 0.29) is 0 Å². The molecule has 0 spiro atoms. The smallest absolute Gasteiger partial charge is 0.0524 e. The van der Waals surface area contributed by atoms with Gasteiger partial charge in [-0.15, -0.1) is 0 Å². The predicted octanol–water partition coefficient (Wildman–Crippen LogP) is 8.72. The summed E-state index contributed by atoms with van der Waals surface area (Å²) in [6.07, 6.45) is 20.9. The highest BCUT2D eigenvalue weighted by Gasteiger charge is 2.60. The minimum Gasteiger partial charge on any atom is -0.272 e. The average molecular weight is 453 g/mol. The molecular formula is C31H52N2. The van der Waals surface area contributed by atoms with Crippen LogP contribution in [0.15, 0.2) is 12.4 Å². The molecule has 4 aliphatic carbocycles. The van der Waals surface area contributed by atoms with Gasteiger partial charge >= 0.3 is 0 Å². The molecule has 4 saturated carbocycles. The zero-order valence-electron chi connectivity index (χ0n) is 22.7. The van der Waals surface area contributed by atoms with Crippen LogP contribution in [0.25, 0.3) is 0 Å². The van der Waals surface area contributed by atoms with Crippen molar-refractivity contribution in [2.24, 2.45) is 52.3 Å². The molecule has 2 nitrogen and oxygen atoms in total. The number of nitrogens with zero attached hydrogens (tertiary/aromatic N) is 2. The summed E-state index contributed by atoms with van der Waals surface area (Å²) in [4.78, 5) is 0. The van der Waals surface area contributed by atoms with Crippen LogP contribution in [0.2, 0.25) is 0 Å². The Balaban J connectivity index is 1.29. The summed E-state index contributed by atoms with van der Waals surface area (Å²) in [6, 6.07) is 0. The Morgan fingerprint density at radius 3 is 2.45 bits per heavy atom. The maximum absolute atomic E-state index is 4.73. The standard InChI is InChI=1S/C31H52N2/c1-7-8-23-13-15-30(5)25(17-23)9-10-26-28-12-11-27(31(28,6)16-14-29(26)30)22(4)19-33-20-24(18-32-33)21(2)3/h18,20-23,25-29H,7-17,19H2,1-6H3. The van der Waals surface area contributed by atoms with E-state index in [2.05, 4.69) is 58.6 Å². The van der Waals surface area contributed by atoms with Crippen LogP contribution < -0.4 is 0 Å². The summed E-state index contributed by atoms with van der Waals surface area (Å²) >= 11 is 0. The van der Waals surface area contributed by atoms with Gasteiger partial charge in [-0.1, -0.05) is 54.4 Å². The van der Waals surface area contributed by atoms with Crippen molar-refractivity contribution in [3.63, 3.8) is 0 Å². The fourth-order valence-corrected chi connectivity index (χ4v) is 10.2. The van der Waals surface area contributed by atoms with Crippen LogP contribution in [0, 0.1) is 52.3 Å². The van der Waals surface area contributed by atoms with Crippen LogP contribution in [-0.4, -0.2) is 9.78 Å². The Kier molecular flexibility index (Phi) is 6.54. The molecular weight excluding hydrogens is 400 g/mol. The Hall–Kier alpha value is -0.790. The molecule has 0 radical (unpaired) electrons. The predicted molar refractivity (Wildman–Crippen MR) is 139 cm³/mol. The summed E-state index contributed by atoms with van der Waals surface area (Å²) in [7, 11) is 0. The lowest BCUT2D eigenvalue weighted by Gasteiger charge is -2.61. The Morgan fingerprint density at radius 1 is 0.970 bits per heavy atom. The van der Waals surface area contributed by atoms with Crippen molar-refractivity contribution in [3.8, 4) is 0 Å². The molecule has 186 valence electrons. The van der Waals surface area contributed by atoms with Gasteiger partial charge in [0.05, 0.1) is 6.20 Å². The third kappa shape index (κ3) is 4.04. The van der Waals surface area contributed by atoms with E-state index >= 15 is 0 Å². The number of rotatable bonds is 6. The van der Waals surface area contributed by atoms with Gasteiger partial charge in [0.15, 0.2) is 0 Å². The van der Waals surface area contributed by atoms with Crippen molar-refractivity contribution in [1.82, 2.24) is 9.78 Å². The lowest BCUT2D eigenvalue weighted by atomic mass is 9.44. The lowest BCUT2D eigenvalue weighted by Crippen LogP contribution is -2.53. The van der Waals surface area contributed by atoms with Crippen molar-refractivity contribution < 1.29 is 0 Å². The molecule has 0 bridgehead atoms. The Labute approximate surface area is 204 Å². The average Bonchev–Trinajstić information content (AvgIpc) is 3.38. The van der Waals surface area contributed by atoms with E-state index in [1.807, 2.05) is 0 Å². The van der Waals surface area contributed by atoms with Crippen molar-refractivity contribution in [1.29, 1.82) is 0 Å². The van der Waals surface area contributed by atoms with Crippen molar-refractivity contribution in [2.45, 2.75) is 125 Å². The second-order valence-corrected chi connectivity index (χ2v) is 13.9. The SMILES string of the molecule is CCCC1CCC2(C)C(CCC3C2CCC2(C)C(C(C)Cn4cc(C(C)C)cn4)CCC32)C1. The van der Waals surface area contributed by atoms with E-state index in [1.54, 1.807) is 12.8 Å². The molecule has 1 aromatic heterocycles. The minimum atomic E-state index is 0.567. The third-order valence-corrected chi connectivity index (χ3v) is 12.0. The highest BCUT2D eigenvalue weighted by molar-refractivity contribution is 5.11. The molecule has 9 atom stereocenters.